The molecule has 0 aromatic heterocycles. The van der Waals surface area contributed by atoms with Gasteiger partial charge >= 0.3 is 5.97 Å². The monoisotopic (exact) mass is 273 g/mol. The summed E-state index contributed by atoms with van der Waals surface area (Å²) in [6.45, 7) is 1.99. The van der Waals surface area contributed by atoms with Crippen molar-refractivity contribution in [2.45, 2.75) is 24.3 Å². The maximum atomic E-state index is 13.0. The van der Waals surface area contributed by atoms with Crippen LogP contribution in [-0.2, 0) is 9.53 Å². The van der Waals surface area contributed by atoms with Gasteiger partial charge in [-0.25, -0.2) is 4.39 Å². The highest BCUT2D eigenvalue weighted by atomic mass is 32.2. The van der Waals surface area contributed by atoms with Gasteiger partial charge in [-0.15, -0.1) is 11.8 Å². The summed E-state index contributed by atoms with van der Waals surface area (Å²) in [4.78, 5) is 11.7. The molecule has 6 heteroatoms. The predicted molar refractivity (Wildman–Crippen MR) is 68.8 cm³/mol. The van der Waals surface area contributed by atoms with Crippen LogP contribution in [0, 0.1) is 5.82 Å². The number of carbonyl (C=O) groups excluding carboxylic acids is 1. The van der Waals surface area contributed by atoms with E-state index in [4.69, 9.17) is 10.5 Å². The number of esters is 1. The Morgan fingerprint density at radius 3 is 2.89 bits per heavy atom. The summed E-state index contributed by atoms with van der Waals surface area (Å²) in [6, 6.07) is 4.17. The summed E-state index contributed by atoms with van der Waals surface area (Å²) in [5.41, 5.74) is 5.83. The molecular weight excluding hydrogens is 257 g/mol. The van der Waals surface area contributed by atoms with E-state index in [0.717, 1.165) is 0 Å². The topological polar surface area (TPSA) is 72.5 Å². The number of rotatable bonds is 6. The second-order valence-corrected chi connectivity index (χ2v) is 4.79. The van der Waals surface area contributed by atoms with Crippen molar-refractivity contribution in [3.05, 3.63) is 24.0 Å². The molecule has 0 fully saturated rings. The summed E-state index contributed by atoms with van der Waals surface area (Å²) in [5, 5.41) is 9.60. The molecule has 1 aromatic rings. The van der Waals surface area contributed by atoms with E-state index in [0.29, 0.717) is 17.2 Å². The van der Waals surface area contributed by atoms with Crippen LogP contribution in [0.2, 0.25) is 0 Å². The third-order valence-electron chi connectivity index (χ3n) is 2.04. The second-order valence-electron chi connectivity index (χ2n) is 3.69. The molecule has 18 heavy (non-hydrogen) atoms. The van der Waals surface area contributed by atoms with Crippen molar-refractivity contribution >= 4 is 23.4 Å². The van der Waals surface area contributed by atoms with Crippen molar-refractivity contribution in [3.63, 3.8) is 0 Å². The number of nitrogen functional groups attached to an aromatic ring is 1. The number of ether oxygens (including phenoxy) is 1. The van der Waals surface area contributed by atoms with Crippen LogP contribution < -0.4 is 5.73 Å². The third-order valence-corrected chi connectivity index (χ3v) is 3.16. The van der Waals surface area contributed by atoms with Gasteiger partial charge in [0.2, 0.25) is 0 Å². The highest BCUT2D eigenvalue weighted by molar-refractivity contribution is 7.99. The van der Waals surface area contributed by atoms with E-state index >= 15 is 0 Å². The summed E-state index contributed by atoms with van der Waals surface area (Å²) in [5.74, 6) is -0.580. The van der Waals surface area contributed by atoms with Crippen LogP contribution in [0.5, 0.6) is 0 Å². The van der Waals surface area contributed by atoms with Crippen LogP contribution in [0.1, 0.15) is 13.3 Å². The quantitative estimate of drug-likeness (QED) is 0.470. The first-order valence-electron chi connectivity index (χ1n) is 5.53. The van der Waals surface area contributed by atoms with Crippen LogP contribution >= 0.6 is 11.8 Å². The minimum atomic E-state index is -0.821. The largest absolute Gasteiger partial charge is 0.466 e. The van der Waals surface area contributed by atoms with E-state index < -0.39 is 17.9 Å². The van der Waals surface area contributed by atoms with Gasteiger partial charge in [-0.05, 0) is 25.1 Å². The average Bonchev–Trinajstić information content (AvgIpc) is 2.25. The maximum absolute atomic E-state index is 13.0. The smallest absolute Gasteiger partial charge is 0.308 e. The minimum Gasteiger partial charge on any atom is -0.466 e. The van der Waals surface area contributed by atoms with Gasteiger partial charge < -0.3 is 15.6 Å². The summed E-state index contributed by atoms with van der Waals surface area (Å²) in [6.07, 6.45) is -0.885. The number of halogens is 1. The maximum Gasteiger partial charge on any atom is 0.308 e. The molecule has 1 unspecified atom stereocenters. The molecule has 4 nitrogen and oxygen atoms in total. The Hall–Kier alpha value is -1.27. The number of thioether (sulfide) groups is 1. The normalized spacial score (nSPS) is 12.2. The molecular formula is C12H16FNO3S. The molecule has 0 bridgehead atoms. The van der Waals surface area contributed by atoms with Crippen molar-refractivity contribution in [2.75, 3.05) is 18.1 Å². The highest BCUT2D eigenvalue weighted by Crippen LogP contribution is 2.23. The molecule has 1 rings (SSSR count). The van der Waals surface area contributed by atoms with Crippen LogP contribution in [0.25, 0.3) is 0 Å². The molecule has 0 heterocycles. The predicted octanol–water partition coefficient (Wildman–Crippen LogP) is 1.81. The van der Waals surface area contributed by atoms with E-state index in [2.05, 4.69) is 0 Å². The zero-order valence-corrected chi connectivity index (χ0v) is 10.9. The number of aliphatic hydroxyl groups is 1. The van der Waals surface area contributed by atoms with E-state index in [1.54, 1.807) is 13.0 Å². The van der Waals surface area contributed by atoms with E-state index in [1.165, 1.54) is 23.9 Å². The fourth-order valence-electron chi connectivity index (χ4n) is 1.33. The van der Waals surface area contributed by atoms with E-state index in [-0.39, 0.29) is 12.2 Å². The molecule has 0 radical (unpaired) electrons. The lowest BCUT2D eigenvalue weighted by molar-refractivity contribution is -0.144. The van der Waals surface area contributed by atoms with Crippen molar-refractivity contribution < 1.29 is 19.0 Å². The first-order valence-corrected chi connectivity index (χ1v) is 6.52. The SMILES string of the molecule is CCOC(=O)CC(O)CSc1cc(N)cc(F)c1. The number of hydrogen-bond donors (Lipinski definition) is 2. The van der Waals surface area contributed by atoms with Gasteiger partial charge in [-0.2, -0.15) is 0 Å². The molecule has 1 aromatic carbocycles. The second kappa shape index (κ2) is 7.23. The van der Waals surface area contributed by atoms with Crippen molar-refractivity contribution in [1.29, 1.82) is 0 Å². The molecule has 3 N–H and O–H groups in total. The molecule has 0 aliphatic heterocycles. The van der Waals surface area contributed by atoms with Crippen LogP contribution in [-0.4, -0.2) is 29.5 Å². The van der Waals surface area contributed by atoms with Crippen LogP contribution in [0.4, 0.5) is 10.1 Å². The highest BCUT2D eigenvalue weighted by Gasteiger charge is 2.12. The number of carbonyl (C=O) groups is 1. The summed E-state index contributed by atoms with van der Waals surface area (Å²) < 4.78 is 17.7. The Morgan fingerprint density at radius 2 is 2.28 bits per heavy atom. The zero-order valence-electron chi connectivity index (χ0n) is 10.1. The van der Waals surface area contributed by atoms with Crippen LogP contribution in [0.15, 0.2) is 23.1 Å². The van der Waals surface area contributed by atoms with Gasteiger partial charge in [-0.1, -0.05) is 0 Å². The third kappa shape index (κ3) is 5.37. The lowest BCUT2D eigenvalue weighted by Gasteiger charge is -2.09. The summed E-state index contributed by atoms with van der Waals surface area (Å²) in [7, 11) is 0. The van der Waals surface area contributed by atoms with E-state index in [1.807, 2.05) is 0 Å². The fourth-order valence-corrected chi connectivity index (χ4v) is 2.25. The molecule has 0 saturated carbocycles. The number of hydrogen-bond acceptors (Lipinski definition) is 5. The van der Waals surface area contributed by atoms with E-state index in [9.17, 15) is 14.3 Å². The van der Waals surface area contributed by atoms with Gasteiger partial charge in [0.05, 0.1) is 19.1 Å². The Bertz CT molecular complexity index is 394. The Balaban J connectivity index is 2.42. The standard InChI is InChI=1S/C12H16FNO3S/c1-2-17-12(16)6-10(15)7-18-11-4-8(13)3-9(14)5-11/h3-5,10,15H,2,6-7,14H2,1H3. The fraction of sp³-hybridized carbons (Fsp3) is 0.417. The molecule has 0 aliphatic rings. The number of benzene rings is 1. The van der Waals surface area contributed by atoms with Crippen LogP contribution in [0.3, 0.4) is 0 Å². The zero-order chi connectivity index (χ0) is 13.5. The van der Waals surface area contributed by atoms with Crippen molar-refractivity contribution in [1.82, 2.24) is 0 Å². The lowest BCUT2D eigenvalue weighted by Crippen LogP contribution is -2.17. The molecule has 0 saturated heterocycles. The molecule has 1 atom stereocenters. The van der Waals surface area contributed by atoms with Gasteiger partial charge in [-0.3, -0.25) is 4.79 Å². The molecule has 0 aliphatic carbocycles. The molecule has 100 valence electrons. The van der Waals surface area contributed by atoms with Gasteiger partial charge in [0.1, 0.15) is 5.82 Å². The number of nitrogens with two attached hydrogens (primary N) is 1. The van der Waals surface area contributed by atoms with Crippen molar-refractivity contribution in [3.8, 4) is 0 Å². The first-order chi connectivity index (χ1) is 8.51. The van der Waals surface area contributed by atoms with Gasteiger partial charge in [0.15, 0.2) is 0 Å². The molecule has 0 amide bonds. The molecule has 0 spiro atoms. The summed E-state index contributed by atoms with van der Waals surface area (Å²) >= 11 is 1.24. The van der Waals surface area contributed by atoms with Gasteiger partial charge in [0.25, 0.3) is 0 Å². The minimum absolute atomic E-state index is 0.0639. The van der Waals surface area contributed by atoms with Gasteiger partial charge in [0, 0.05) is 16.3 Å². The number of aliphatic hydroxyl groups excluding tert-OH is 1. The Morgan fingerprint density at radius 1 is 1.56 bits per heavy atom. The first kappa shape index (κ1) is 14.8. The lowest BCUT2D eigenvalue weighted by atomic mass is 10.3. The Kier molecular flexibility index (Phi) is 5.94. The average molecular weight is 273 g/mol. The Labute approximate surface area is 109 Å². The number of anilines is 1. The van der Waals surface area contributed by atoms with Crippen molar-refractivity contribution in [2.24, 2.45) is 0 Å².